The molecule has 10 rings (SSSR count). The van der Waals surface area contributed by atoms with Crippen LogP contribution in [0.15, 0.2) is 144 Å². The van der Waals surface area contributed by atoms with E-state index in [1.54, 1.807) is 6.07 Å². The van der Waals surface area contributed by atoms with E-state index in [0.29, 0.717) is 33.6 Å². The van der Waals surface area contributed by atoms with Gasteiger partial charge in [-0.1, -0.05) is 72.8 Å². The number of nitriles is 2. The third-order valence-electron chi connectivity index (χ3n) is 10.0. The van der Waals surface area contributed by atoms with Crippen LogP contribution in [0.2, 0.25) is 0 Å². The molecule has 0 saturated heterocycles. The second-order valence-corrected chi connectivity index (χ2v) is 12.6. The fraction of sp³-hybridized carbons (Fsp3) is 0. The molecule has 6 nitrogen and oxygen atoms in total. The first-order valence-electron chi connectivity index (χ1n) is 16.5. The summed E-state index contributed by atoms with van der Waals surface area (Å²) in [6, 6.07) is 50.8. The minimum atomic E-state index is 0.301. The van der Waals surface area contributed by atoms with Gasteiger partial charge in [0.25, 0.3) is 0 Å². The van der Waals surface area contributed by atoms with Gasteiger partial charge in [-0.05, 0) is 77.9 Å². The maximum Gasteiger partial charge on any atom is 0.196 e. The third-order valence-corrected chi connectivity index (χ3v) is 10.0. The van der Waals surface area contributed by atoms with E-state index < -0.39 is 0 Å². The Hall–Kier alpha value is -7.59. The average molecular weight is 650 g/mol. The number of aromatic nitrogens is 2. The number of fused-ring (bicyclic) bond motifs is 10. The molecular weight excluding hydrogens is 627 g/mol. The molecule has 0 radical (unpaired) electrons. The van der Waals surface area contributed by atoms with E-state index in [1.165, 1.54) is 0 Å². The molecule has 0 aliphatic carbocycles. The lowest BCUT2D eigenvalue weighted by Crippen LogP contribution is -2.00. The van der Waals surface area contributed by atoms with Gasteiger partial charge in [-0.15, -0.1) is 0 Å². The first kappa shape index (κ1) is 28.4. The molecule has 0 atom stereocenters. The number of furan rings is 1. The maximum absolute atomic E-state index is 10.6. The fourth-order valence-corrected chi connectivity index (χ4v) is 7.89. The zero-order chi connectivity index (χ0) is 34.2. The van der Waals surface area contributed by atoms with Crippen molar-refractivity contribution in [3.63, 3.8) is 0 Å². The molecule has 10 aromatic rings. The lowest BCUT2D eigenvalue weighted by Gasteiger charge is -2.16. The Morgan fingerprint density at radius 1 is 0.510 bits per heavy atom. The molecule has 0 spiro atoms. The maximum atomic E-state index is 10.6. The minimum Gasteiger partial charge on any atom is -0.456 e. The van der Waals surface area contributed by atoms with E-state index in [0.717, 1.165) is 71.2 Å². The van der Waals surface area contributed by atoms with Crippen molar-refractivity contribution >= 4 is 71.2 Å². The van der Waals surface area contributed by atoms with Gasteiger partial charge in [0.05, 0.1) is 57.6 Å². The Bertz CT molecular complexity index is 3190. The first-order chi connectivity index (χ1) is 25.2. The van der Waals surface area contributed by atoms with Crippen LogP contribution in [-0.2, 0) is 0 Å². The number of para-hydroxylation sites is 4. The molecule has 234 valence electrons. The lowest BCUT2D eigenvalue weighted by molar-refractivity contribution is 0.669. The summed E-state index contributed by atoms with van der Waals surface area (Å²) in [4.78, 5) is 3.90. The summed E-state index contributed by atoms with van der Waals surface area (Å²) in [7, 11) is 0. The minimum absolute atomic E-state index is 0.301. The Morgan fingerprint density at radius 2 is 1.14 bits per heavy atom. The van der Waals surface area contributed by atoms with E-state index in [4.69, 9.17) is 11.0 Å². The van der Waals surface area contributed by atoms with Gasteiger partial charge in [0.2, 0.25) is 0 Å². The fourth-order valence-electron chi connectivity index (χ4n) is 7.89. The molecule has 0 bridgehead atoms. The van der Waals surface area contributed by atoms with Crippen molar-refractivity contribution in [2.45, 2.75) is 0 Å². The molecule has 6 heteroatoms. The molecular formula is C45H23N5O. The predicted octanol–water partition coefficient (Wildman–Crippen LogP) is 11.7. The first-order valence-corrected chi connectivity index (χ1v) is 16.5. The summed E-state index contributed by atoms with van der Waals surface area (Å²) in [6.45, 7) is 8.21. The molecule has 0 unspecified atom stereocenters. The zero-order valence-corrected chi connectivity index (χ0v) is 26.9. The van der Waals surface area contributed by atoms with Crippen molar-refractivity contribution in [1.82, 2.24) is 9.13 Å². The molecule has 0 N–H and O–H groups in total. The molecule has 0 fully saturated rings. The van der Waals surface area contributed by atoms with Crippen LogP contribution in [0, 0.1) is 29.2 Å². The number of nitrogens with zero attached hydrogens (tertiary/aromatic N) is 5. The van der Waals surface area contributed by atoms with Gasteiger partial charge < -0.3 is 13.6 Å². The highest BCUT2D eigenvalue weighted by atomic mass is 16.3. The summed E-state index contributed by atoms with van der Waals surface area (Å²) in [5.41, 5.74) is 9.32. The monoisotopic (exact) mass is 649 g/mol. The third kappa shape index (κ3) is 3.95. The summed E-state index contributed by atoms with van der Waals surface area (Å²) in [6.07, 6.45) is 0. The SMILES string of the molecule is [C-]#[N+]c1cc(C#N)c(-n2c3ccccc3c3c4c(ccc32)oc2ccccc24)cc1-c1cc(-n2c3ccccc3c3ccccc32)ccc1C#N. The Kier molecular flexibility index (Phi) is 5.97. The van der Waals surface area contributed by atoms with E-state index in [-0.39, 0.29) is 0 Å². The van der Waals surface area contributed by atoms with Crippen molar-refractivity contribution < 1.29 is 4.42 Å². The highest BCUT2D eigenvalue weighted by Gasteiger charge is 2.23. The molecule has 51 heavy (non-hydrogen) atoms. The van der Waals surface area contributed by atoms with Gasteiger partial charge in [0, 0.05) is 38.0 Å². The summed E-state index contributed by atoms with van der Waals surface area (Å²) in [5.74, 6) is 0. The van der Waals surface area contributed by atoms with Crippen LogP contribution in [0.5, 0.6) is 0 Å². The van der Waals surface area contributed by atoms with Crippen LogP contribution in [-0.4, -0.2) is 9.13 Å². The van der Waals surface area contributed by atoms with Crippen LogP contribution in [0.1, 0.15) is 11.1 Å². The van der Waals surface area contributed by atoms with Crippen LogP contribution < -0.4 is 0 Å². The number of hydrogen-bond donors (Lipinski definition) is 0. The Balaban J connectivity index is 1.28. The molecule has 0 amide bonds. The summed E-state index contributed by atoms with van der Waals surface area (Å²) >= 11 is 0. The van der Waals surface area contributed by atoms with Gasteiger partial charge >= 0.3 is 0 Å². The Labute approximate surface area is 291 Å². The quantitative estimate of drug-likeness (QED) is 0.179. The average Bonchev–Trinajstić information content (AvgIpc) is 3.84. The zero-order valence-electron chi connectivity index (χ0n) is 26.9. The highest BCUT2D eigenvalue weighted by molar-refractivity contribution is 6.27. The van der Waals surface area contributed by atoms with Crippen LogP contribution in [0.25, 0.3) is 92.9 Å². The predicted molar refractivity (Wildman–Crippen MR) is 204 cm³/mol. The Morgan fingerprint density at radius 3 is 1.82 bits per heavy atom. The lowest BCUT2D eigenvalue weighted by atomic mass is 9.95. The standard InChI is InChI=1S/C45H23N5O/c1-48-36-22-28(26-47)41(50-39-16-8-4-12-32(39)44-40(50)20-21-43-45(44)33-13-5-9-17-42(33)51-43)24-35(36)34-23-29(19-18-27(34)25-46)49-37-14-6-2-10-30(37)31-11-3-7-15-38(31)49/h2-24H. The van der Waals surface area contributed by atoms with E-state index in [2.05, 4.69) is 68.6 Å². The van der Waals surface area contributed by atoms with Crippen LogP contribution in [0.4, 0.5) is 5.69 Å². The van der Waals surface area contributed by atoms with Crippen LogP contribution >= 0.6 is 0 Å². The second kappa shape index (κ2) is 10.7. The number of benzene rings is 7. The molecule has 0 aliphatic rings. The smallest absolute Gasteiger partial charge is 0.196 e. The molecule has 0 saturated carbocycles. The second-order valence-electron chi connectivity index (χ2n) is 12.6. The molecule has 3 heterocycles. The highest BCUT2D eigenvalue weighted by Crippen LogP contribution is 2.44. The van der Waals surface area contributed by atoms with Crippen LogP contribution in [0.3, 0.4) is 0 Å². The normalized spacial score (nSPS) is 11.5. The van der Waals surface area contributed by atoms with E-state index in [9.17, 15) is 10.5 Å². The number of rotatable bonds is 3. The van der Waals surface area contributed by atoms with Gasteiger partial charge in [0.15, 0.2) is 5.69 Å². The van der Waals surface area contributed by atoms with Gasteiger partial charge in [-0.25, -0.2) is 4.85 Å². The molecule has 7 aromatic carbocycles. The van der Waals surface area contributed by atoms with Crippen molar-refractivity contribution in [2.24, 2.45) is 0 Å². The van der Waals surface area contributed by atoms with Gasteiger partial charge in [-0.2, -0.15) is 10.5 Å². The van der Waals surface area contributed by atoms with E-state index >= 15 is 0 Å². The molecule has 3 aromatic heterocycles. The van der Waals surface area contributed by atoms with Crippen molar-refractivity contribution in [2.75, 3.05) is 0 Å². The topological polar surface area (TPSA) is 74.9 Å². The van der Waals surface area contributed by atoms with Crippen molar-refractivity contribution in [1.29, 1.82) is 10.5 Å². The number of hydrogen-bond acceptors (Lipinski definition) is 3. The van der Waals surface area contributed by atoms with Gasteiger partial charge in [0.1, 0.15) is 11.2 Å². The van der Waals surface area contributed by atoms with Crippen molar-refractivity contribution in [3.8, 4) is 34.6 Å². The largest absolute Gasteiger partial charge is 0.456 e. The van der Waals surface area contributed by atoms with Gasteiger partial charge in [-0.3, -0.25) is 0 Å². The summed E-state index contributed by atoms with van der Waals surface area (Å²) in [5, 5.41) is 27.3. The molecule has 0 aliphatic heterocycles. The van der Waals surface area contributed by atoms with E-state index in [1.807, 2.05) is 91.0 Å². The summed E-state index contributed by atoms with van der Waals surface area (Å²) < 4.78 is 10.6. The van der Waals surface area contributed by atoms with Crippen molar-refractivity contribution in [3.05, 3.63) is 162 Å².